The fourth-order valence-electron chi connectivity index (χ4n) is 5.90. The Hall–Kier alpha value is -2.88. The number of anilines is 1. The molecule has 3 aromatic rings. The van der Waals surface area contributed by atoms with E-state index in [1.165, 1.54) is 23.0 Å². The molecule has 1 saturated carbocycles. The van der Waals surface area contributed by atoms with Crippen molar-refractivity contribution in [1.29, 1.82) is 0 Å². The molecular weight excluding hydrogens is 515 g/mol. The number of benzene rings is 2. The maximum atomic E-state index is 14.3. The minimum Gasteiger partial charge on any atom is -0.493 e. The van der Waals surface area contributed by atoms with Gasteiger partial charge in [0.15, 0.2) is 16.6 Å². The van der Waals surface area contributed by atoms with Gasteiger partial charge in [-0.3, -0.25) is 5.32 Å². The van der Waals surface area contributed by atoms with E-state index in [9.17, 15) is 9.18 Å². The molecule has 1 saturated heterocycles. The Morgan fingerprint density at radius 2 is 2.03 bits per heavy atom. The number of ether oxygens (including phenoxy) is 2. The van der Waals surface area contributed by atoms with Crippen LogP contribution in [0.3, 0.4) is 0 Å². The van der Waals surface area contributed by atoms with Crippen LogP contribution in [0.2, 0.25) is 5.02 Å². The Morgan fingerprint density at radius 3 is 2.78 bits per heavy atom. The third kappa shape index (κ3) is 4.87. The number of fused-ring (bicyclic) bond motifs is 1. The van der Waals surface area contributed by atoms with Crippen molar-refractivity contribution in [2.45, 2.75) is 43.2 Å². The van der Waals surface area contributed by atoms with Crippen LogP contribution in [0.5, 0.6) is 11.5 Å². The highest BCUT2D eigenvalue weighted by Crippen LogP contribution is 2.50. The molecule has 3 atom stereocenters. The topological polar surface area (TPSA) is 75.7 Å². The van der Waals surface area contributed by atoms with Crippen LogP contribution in [-0.4, -0.2) is 55.8 Å². The second kappa shape index (κ2) is 10.5. The zero-order valence-electron chi connectivity index (χ0n) is 21.0. The lowest BCUT2D eigenvalue weighted by molar-refractivity contribution is 0.156. The van der Waals surface area contributed by atoms with Gasteiger partial charge in [-0.05, 0) is 69.1 Å². The van der Waals surface area contributed by atoms with Gasteiger partial charge in [0.2, 0.25) is 0 Å². The number of rotatable bonds is 6. The van der Waals surface area contributed by atoms with Gasteiger partial charge in [0, 0.05) is 22.9 Å². The summed E-state index contributed by atoms with van der Waals surface area (Å²) < 4.78 is 25.3. The van der Waals surface area contributed by atoms with Gasteiger partial charge in [0.1, 0.15) is 5.82 Å². The standard InChI is InChI=1S/C27H30ClFN4O3S/c1-33-12-11-27(16-7-8-21(35-2)22(13-16)36-3)10-9-17(14-23(27)33)30-25(34)32-26-31-20(15-37-26)24-18(28)5-4-6-19(24)29/h4-8,13,15,17,23H,9-12,14H2,1-3H3,(H2,30,31,32,34). The normalized spacial score (nSPS) is 23.4. The van der Waals surface area contributed by atoms with Crippen LogP contribution in [0.4, 0.5) is 14.3 Å². The summed E-state index contributed by atoms with van der Waals surface area (Å²) in [4.78, 5) is 19.6. The smallest absolute Gasteiger partial charge is 0.321 e. The maximum Gasteiger partial charge on any atom is 0.321 e. The fourth-order valence-corrected chi connectivity index (χ4v) is 6.86. The third-order valence-corrected chi connectivity index (χ3v) is 8.84. The molecule has 2 amide bonds. The fraction of sp³-hybridized carbons (Fsp3) is 0.407. The van der Waals surface area contributed by atoms with Gasteiger partial charge in [-0.2, -0.15) is 0 Å². The van der Waals surface area contributed by atoms with E-state index < -0.39 is 5.82 Å². The number of hydrogen-bond donors (Lipinski definition) is 2. The minimum absolute atomic E-state index is 0.00614. The highest BCUT2D eigenvalue weighted by molar-refractivity contribution is 7.14. The Morgan fingerprint density at radius 1 is 1.22 bits per heavy atom. The quantitative estimate of drug-likeness (QED) is 0.402. The lowest BCUT2D eigenvalue weighted by Crippen LogP contribution is -2.52. The van der Waals surface area contributed by atoms with E-state index in [1.807, 2.05) is 6.07 Å². The van der Waals surface area contributed by atoms with Gasteiger partial charge in [-0.1, -0.05) is 23.7 Å². The van der Waals surface area contributed by atoms with E-state index in [4.69, 9.17) is 21.1 Å². The predicted octanol–water partition coefficient (Wildman–Crippen LogP) is 5.94. The Bertz CT molecular complexity index is 1280. The van der Waals surface area contributed by atoms with Crippen molar-refractivity contribution >= 4 is 34.1 Å². The van der Waals surface area contributed by atoms with Crippen LogP contribution in [0.25, 0.3) is 11.3 Å². The highest BCUT2D eigenvalue weighted by atomic mass is 35.5. The van der Waals surface area contributed by atoms with Crippen molar-refractivity contribution in [3.8, 4) is 22.8 Å². The van der Waals surface area contributed by atoms with Crippen molar-refractivity contribution < 1.29 is 18.7 Å². The van der Waals surface area contributed by atoms with E-state index >= 15 is 0 Å². The van der Waals surface area contributed by atoms with Gasteiger partial charge < -0.3 is 19.7 Å². The summed E-state index contributed by atoms with van der Waals surface area (Å²) in [6, 6.07) is 10.7. The molecule has 1 aromatic heterocycles. The summed E-state index contributed by atoms with van der Waals surface area (Å²) in [5, 5.41) is 8.29. The summed E-state index contributed by atoms with van der Waals surface area (Å²) in [7, 11) is 5.46. The number of carbonyl (C=O) groups excluding carboxylic acids is 1. The molecule has 3 unspecified atom stereocenters. The van der Waals surface area contributed by atoms with Crippen LogP contribution < -0.4 is 20.1 Å². The molecule has 2 N–H and O–H groups in total. The summed E-state index contributed by atoms with van der Waals surface area (Å²) in [5.74, 6) is 1.01. The number of nitrogens with zero attached hydrogens (tertiary/aromatic N) is 2. The monoisotopic (exact) mass is 544 g/mol. The van der Waals surface area contributed by atoms with Crippen LogP contribution in [-0.2, 0) is 5.41 Å². The molecule has 7 nitrogen and oxygen atoms in total. The molecule has 1 aliphatic carbocycles. The number of hydrogen-bond acceptors (Lipinski definition) is 6. The van der Waals surface area contributed by atoms with Gasteiger partial charge in [-0.15, -0.1) is 11.3 Å². The molecule has 5 rings (SSSR count). The average Bonchev–Trinajstić information content (AvgIpc) is 3.48. The number of amides is 2. The zero-order chi connectivity index (χ0) is 26.2. The molecule has 196 valence electrons. The average molecular weight is 545 g/mol. The SMILES string of the molecule is COc1ccc(C23CCC(NC(=O)Nc4nc(-c5c(F)cccc5Cl)cs4)CC2N(C)CC3)cc1OC. The second-order valence-electron chi connectivity index (χ2n) is 9.68. The summed E-state index contributed by atoms with van der Waals surface area (Å²) in [5.41, 5.74) is 1.89. The first-order chi connectivity index (χ1) is 17.8. The van der Waals surface area contributed by atoms with Crippen LogP contribution in [0.15, 0.2) is 41.8 Å². The first-order valence-corrected chi connectivity index (χ1v) is 13.5. The molecule has 37 heavy (non-hydrogen) atoms. The zero-order valence-corrected chi connectivity index (χ0v) is 22.6. The lowest BCUT2D eigenvalue weighted by Gasteiger charge is -2.45. The maximum absolute atomic E-state index is 14.3. The number of carbonyl (C=O) groups is 1. The molecule has 2 aliphatic rings. The summed E-state index contributed by atoms with van der Waals surface area (Å²) in [6.07, 6.45) is 3.71. The van der Waals surface area contributed by atoms with E-state index in [2.05, 4.69) is 39.7 Å². The number of likely N-dealkylation sites (tertiary alicyclic amines) is 1. The highest BCUT2D eigenvalue weighted by Gasteiger charge is 2.50. The number of aromatic nitrogens is 1. The summed E-state index contributed by atoms with van der Waals surface area (Å²) >= 11 is 7.39. The molecule has 2 aromatic carbocycles. The molecular formula is C27H30ClFN4O3S. The van der Waals surface area contributed by atoms with E-state index in [1.54, 1.807) is 31.7 Å². The largest absolute Gasteiger partial charge is 0.493 e. The van der Waals surface area contributed by atoms with Crippen molar-refractivity contribution in [3.63, 3.8) is 0 Å². The number of methoxy groups -OCH3 is 2. The van der Waals surface area contributed by atoms with Crippen molar-refractivity contribution in [1.82, 2.24) is 15.2 Å². The molecule has 10 heteroatoms. The van der Waals surface area contributed by atoms with Crippen molar-refractivity contribution in [2.75, 3.05) is 33.1 Å². The van der Waals surface area contributed by atoms with Crippen molar-refractivity contribution in [2.24, 2.45) is 0 Å². The first-order valence-electron chi connectivity index (χ1n) is 12.2. The number of halogens is 2. The molecule has 2 heterocycles. The second-order valence-corrected chi connectivity index (χ2v) is 10.9. The van der Waals surface area contributed by atoms with Crippen molar-refractivity contribution in [3.05, 3.63) is 58.2 Å². The minimum atomic E-state index is -0.449. The van der Waals surface area contributed by atoms with Gasteiger partial charge in [0.25, 0.3) is 0 Å². The first kappa shape index (κ1) is 25.8. The number of urea groups is 1. The van der Waals surface area contributed by atoms with Crippen LogP contribution >= 0.6 is 22.9 Å². The molecule has 1 aliphatic heterocycles. The number of likely N-dealkylation sites (N-methyl/N-ethyl adjacent to an activating group) is 1. The van der Waals surface area contributed by atoms with Gasteiger partial charge >= 0.3 is 6.03 Å². The van der Waals surface area contributed by atoms with E-state index in [0.29, 0.717) is 16.9 Å². The third-order valence-electron chi connectivity index (χ3n) is 7.76. The van der Waals surface area contributed by atoms with Crippen LogP contribution in [0.1, 0.15) is 31.2 Å². The molecule has 0 radical (unpaired) electrons. The molecule has 0 spiro atoms. The molecule has 2 fully saturated rings. The lowest BCUT2D eigenvalue weighted by atomic mass is 9.65. The molecule has 0 bridgehead atoms. The van der Waals surface area contributed by atoms with E-state index in [-0.39, 0.29) is 28.1 Å². The number of nitrogens with one attached hydrogen (secondary N) is 2. The van der Waals surface area contributed by atoms with E-state index in [0.717, 1.165) is 43.7 Å². The van der Waals surface area contributed by atoms with Gasteiger partial charge in [0.05, 0.1) is 30.5 Å². The Kier molecular flexibility index (Phi) is 7.29. The van der Waals surface area contributed by atoms with Gasteiger partial charge in [-0.25, -0.2) is 14.2 Å². The number of thiazole rings is 1. The Labute approximate surface area is 224 Å². The summed E-state index contributed by atoms with van der Waals surface area (Å²) in [6.45, 7) is 0.998. The Balaban J connectivity index is 1.26. The predicted molar refractivity (Wildman–Crippen MR) is 145 cm³/mol. The van der Waals surface area contributed by atoms with Crippen LogP contribution in [0, 0.1) is 5.82 Å².